The van der Waals surface area contributed by atoms with Crippen LogP contribution in [0.5, 0.6) is 0 Å². The molecule has 2 rings (SSSR count). The molecule has 0 atom stereocenters. The molecule has 22 heavy (non-hydrogen) atoms. The third kappa shape index (κ3) is 3.64. The number of nitriles is 1. The molecule has 6 heteroatoms. The summed E-state index contributed by atoms with van der Waals surface area (Å²) >= 11 is 0. The molecule has 1 aromatic heterocycles. The van der Waals surface area contributed by atoms with Gasteiger partial charge in [0.2, 0.25) is 0 Å². The third-order valence-electron chi connectivity index (χ3n) is 3.47. The molecule has 1 heterocycles. The molecule has 0 aliphatic heterocycles. The summed E-state index contributed by atoms with van der Waals surface area (Å²) in [5, 5.41) is 21.9. The number of carboxylic acid groups (broad SMARTS) is 1. The number of rotatable bonds is 6. The highest BCUT2D eigenvalue weighted by Gasteiger charge is 2.16. The van der Waals surface area contributed by atoms with Crippen molar-refractivity contribution in [2.24, 2.45) is 0 Å². The maximum atomic E-state index is 10.9. The maximum Gasteiger partial charge on any atom is 0.305 e. The molecule has 6 nitrogen and oxygen atoms in total. The van der Waals surface area contributed by atoms with Crippen LogP contribution in [-0.2, 0) is 11.3 Å². The number of aromatic nitrogens is 1. The number of aryl methyl sites for hydroxylation is 2. The van der Waals surface area contributed by atoms with Crippen molar-refractivity contribution in [2.45, 2.75) is 26.8 Å². The minimum Gasteiger partial charge on any atom is -0.481 e. The lowest BCUT2D eigenvalue weighted by atomic mass is 10.1. The van der Waals surface area contributed by atoms with Crippen molar-refractivity contribution in [1.82, 2.24) is 5.16 Å². The van der Waals surface area contributed by atoms with E-state index in [-0.39, 0.29) is 6.42 Å². The van der Waals surface area contributed by atoms with Crippen LogP contribution in [0.25, 0.3) is 0 Å². The van der Waals surface area contributed by atoms with Crippen molar-refractivity contribution in [2.75, 3.05) is 11.4 Å². The van der Waals surface area contributed by atoms with Gasteiger partial charge in [0.05, 0.1) is 23.7 Å². The van der Waals surface area contributed by atoms with Gasteiger partial charge in [-0.05, 0) is 32.0 Å². The second-order valence-corrected chi connectivity index (χ2v) is 5.03. The monoisotopic (exact) mass is 299 g/mol. The Kier molecular flexibility index (Phi) is 4.79. The van der Waals surface area contributed by atoms with E-state index in [1.54, 1.807) is 18.2 Å². The molecule has 0 saturated carbocycles. The minimum absolute atomic E-state index is 0.0140. The number of hydrogen-bond donors (Lipinski definition) is 1. The standard InChI is InChI=1S/C16H17N3O3/c1-11-15(12(2)22-18-11)10-19(7-6-16(20)21)14-5-3-4-13(8-14)9-17/h3-5,8H,6-7,10H2,1-2H3,(H,20,21). The lowest BCUT2D eigenvalue weighted by Gasteiger charge is -2.24. The number of hydrogen-bond acceptors (Lipinski definition) is 5. The quantitative estimate of drug-likeness (QED) is 0.881. The van der Waals surface area contributed by atoms with Crippen LogP contribution in [0, 0.1) is 25.2 Å². The summed E-state index contributed by atoms with van der Waals surface area (Å²) in [7, 11) is 0. The van der Waals surface area contributed by atoms with E-state index in [1.807, 2.05) is 24.8 Å². The van der Waals surface area contributed by atoms with Gasteiger partial charge in [-0.15, -0.1) is 0 Å². The highest BCUT2D eigenvalue weighted by molar-refractivity contribution is 5.67. The molecule has 0 unspecified atom stereocenters. The SMILES string of the molecule is Cc1noc(C)c1CN(CCC(=O)O)c1cccc(C#N)c1. The van der Waals surface area contributed by atoms with Crippen LogP contribution >= 0.6 is 0 Å². The normalized spacial score (nSPS) is 10.2. The molecule has 0 spiro atoms. The van der Waals surface area contributed by atoms with E-state index in [2.05, 4.69) is 11.2 Å². The van der Waals surface area contributed by atoms with Gasteiger partial charge in [-0.3, -0.25) is 4.79 Å². The summed E-state index contributed by atoms with van der Waals surface area (Å²) in [6.45, 7) is 4.51. The lowest BCUT2D eigenvalue weighted by Crippen LogP contribution is -2.26. The predicted molar refractivity (Wildman–Crippen MR) is 80.4 cm³/mol. The average molecular weight is 299 g/mol. The molecule has 0 amide bonds. The summed E-state index contributed by atoms with van der Waals surface area (Å²) in [6.07, 6.45) is 0.0140. The summed E-state index contributed by atoms with van der Waals surface area (Å²) in [5.74, 6) is -0.144. The fraction of sp³-hybridized carbons (Fsp3) is 0.312. The Bertz CT molecular complexity index is 696. The van der Waals surface area contributed by atoms with Crippen LogP contribution < -0.4 is 4.90 Å². The fourth-order valence-electron chi connectivity index (χ4n) is 2.22. The Balaban J connectivity index is 2.29. The molecule has 114 valence electrons. The Morgan fingerprint density at radius 2 is 2.23 bits per heavy atom. The third-order valence-corrected chi connectivity index (χ3v) is 3.47. The molecular weight excluding hydrogens is 282 g/mol. The molecule has 0 fully saturated rings. The molecule has 0 saturated heterocycles. The lowest BCUT2D eigenvalue weighted by molar-refractivity contribution is -0.136. The van der Waals surface area contributed by atoms with Gasteiger partial charge in [-0.2, -0.15) is 5.26 Å². The smallest absolute Gasteiger partial charge is 0.305 e. The van der Waals surface area contributed by atoms with Crippen molar-refractivity contribution < 1.29 is 14.4 Å². The highest BCUT2D eigenvalue weighted by Crippen LogP contribution is 2.22. The Hall–Kier alpha value is -2.81. The van der Waals surface area contributed by atoms with Gasteiger partial charge in [0.25, 0.3) is 0 Å². The maximum absolute atomic E-state index is 10.9. The van der Waals surface area contributed by atoms with E-state index in [1.165, 1.54) is 0 Å². The zero-order chi connectivity index (χ0) is 16.1. The molecule has 0 aliphatic rings. The zero-order valence-corrected chi connectivity index (χ0v) is 12.5. The number of nitrogens with zero attached hydrogens (tertiary/aromatic N) is 3. The number of aliphatic carboxylic acids is 1. The first-order valence-corrected chi connectivity index (χ1v) is 6.90. The minimum atomic E-state index is -0.861. The van der Waals surface area contributed by atoms with Gasteiger partial charge in [-0.25, -0.2) is 0 Å². The van der Waals surface area contributed by atoms with E-state index in [0.29, 0.717) is 24.4 Å². The first-order chi connectivity index (χ1) is 10.5. The molecule has 0 aliphatic carbocycles. The average Bonchev–Trinajstić information content (AvgIpc) is 2.82. The van der Waals surface area contributed by atoms with Crippen LogP contribution in [0.1, 0.15) is 29.0 Å². The van der Waals surface area contributed by atoms with Crippen LogP contribution in [-0.4, -0.2) is 22.8 Å². The molecule has 1 N–H and O–H groups in total. The van der Waals surface area contributed by atoms with Crippen molar-refractivity contribution in [1.29, 1.82) is 5.26 Å². The zero-order valence-electron chi connectivity index (χ0n) is 12.5. The predicted octanol–water partition coefficient (Wildman–Crippen LogP) is 2.64. The highest BCUT2D eigenvalue weighted by atomic mass is 16.5. The van der Waals surface area contributed by atoms with Crippen LogP contribution in [0.15, 0.2) is 28.8 Å². The number of anilines is 1. The molecule has 0 bridgehead atoms. The van der Waals surface area contributed by atoms with E-state index in [0.717, 1.165) is 16.9 Å². The fourth-order valence-corrected chi connectivity index (χ4v) is 2.22. The summed E-state index contributed by atoms with van der Waals surface area (Å²) in [5.41, 5.74) is 3.07. The van der Waals surface area contributed by atoms with Crippen LogP contribution in [0.3, 0.4) is 0 Å². The van der Waals surface area contributed by atoms with Gasteiger partial charge < -0.3 is 14.5 Å². The molecule has 2 aromatic rings. The van der Waals surface area contributed by atoms with Gasteiger partial charge in [0.1, 0.15) is 5.76 Å². The number of carbonyl (C=O) groups is 1. The number of carboxylic acids is 1. The molecule has 1 aromatic carbocycles. The van der Waals surface area contributed by atoms with Crippen molar-refractivity contribution >= 4 is 11.7 Å². The topological polar surface area (TPSA) is 90.4 Å². The van der Waals surface area contributed by atoms with E-state index >= 15 is 0 Å². The number of benzene rings is 1. The van der Waals surface area contributed by atoms with Gasteiger partial charge >= 0.3 is 5.97 Å². The van der Waals surface area contributed by atoms with E-state index in [9.17, 15) is 4.79 Å². The largest absolute Gasteiger partial charge is 0.481 e. The Labute approximate surface area is 128 Å². The van der Waals surface area contributed by atoms with Crippen molar-refractivity contribution in [3.8, 4) is 6.07 Å². The summed E-state index contributed by atoms with van der Waals surface area (Å²) in [6, 6.07) is 9.21. The van der Waals surface area contributed by atoms with Crippen molar-refractivity contribution in [3.63, 3.8) is 0 Å². The second-order valence-electron chi connectivity index (χ2n) is 5.03. The van der Waals surface area contributed by atoms with Gasteiger partial charge in [0.15, 0.2) is 0 Å². The summed E-state index contributed by atoms with van der Waals surface area (Å²) < 4.78 is 5.16. The Morgan fingerprint density at radius 3 is 2.82 bits per heavy atom. The summed E-state index contributed by atoms with van der Waals surface area (Å²) in [4.78, 5) is 12.8. The molecule has 0 radical (unpaired) electrons. The van der Waals surface area contributed by atoms with E-state index < -0.39 is 5.97 Å². The van der Waals surface area contributed by atoms with Crippen LogP contribution in [0.4, 0.5) is 5.69 Å². The first kappa shape index (κ1) is 15.6. The Morgan fingerprint density at radius 1 is 1.45 bits per heavy atom. The molecular formula is C16H17N3O3. The van der Waals surface area contributed by atoms with Crippen molar-refractivity contribution in [3.05, 3.63) is 46.8 Å². The van der Waals surface area contributed by atoms with E-state index in [4.69, 9.17) is 14.9 Å². The van der Waals surface area contributed by atoms with Gasteiger partial charge in [0, 0.05) is 24.3 Å². The van der Waals surface area contributed by atoms with Gasteiger partial charge in [-0.1, -0.05) is 11.2 Å². The first-order valence-electron chi connectivity index (χ1n) is 6.90. The second kappa shape index (κ2) is 6.76. The van der Waals surface area contributed by atoms with Crippen LogP contribution in [0.2, 0.25) is 0 Å².